The Morgan fingerprint density at radius 1 is 1.10 bits per heavy atom. The molecule has 1 N–H and O–H groups in total. The number of phenolic OH excluding ortho intramolecular Hbond substituents is 1. The number of aromatic hydroxyl groups is 1. The molecule has 1 heterocycles. The standard InChI is InChI=1S/C15H12N2O4/c18-12-6-14(17-20)13-5-10(8-21-15(13)7-12)9-1-3-11(16-19)4-2-9/h1-4,6-7,10,18H,5,8H2/t10-/m1/s1. The highest BCUT2D eigenvalue weighted by Gasteiger charge is 2.25. The van der Waals surface area contributed by atoms with E-state index in [4.69, 9.17) is 4.74 Å². The number of ether oxygens (including phenoxy) is 1. The van der Waals surface area contributed by atoms with E-state index in [9.17, 15) is 14.9 Å². The van der Waals surface area contributed by atoms with Gasteiger partial charge in [0, 0.05) is 23.6 Å². The largest absolute Gasteiger partial charge is 0.508 e. The number of hydrogen-bond donors (Lipinski definition) is 1. The van der Waals surface area contributed by atoms with Crippen molar-refractivity contribution >= 4 is 11.4 Å². The van der Waals surface area contributed by atoms with Gasteiger partial charge in [-0.25, -0.2) is 0 Å². The smallest absolute Gasteiger partial charge is 0.128 e. The van der Waals surface area contributed by atoms with Crippen molar-refractivity contribution in [3.8, 4) is 11.5 Å². The molecule has 6 heteroatoms. The molecule has 0 amide bonds. The van der Waals surface area contributed by atoms with Gasteiger partial charge in [0.05, 0.1) is 6.61 Å². The van der Waals surface area contributed by atoms with Gasteiger partial charge in [-0.3, -0.25) is 0 Å². The minimum atomic E-state index is -0.0387. The Morgan fingerprint density at radius 2 is 1.86 bits per heavy atom. The monoisotopic (exact) mass is 284 g/mol. The predicted octanol–water partition coefficient (Wildman–Crippen LogP) is 3.91. The van der Waals surface area contributed by atoms with E-state index in [-0.39, 0.29) is 17.4 Å². The van der Waals surface area contributed by atoms with E-state index < -0.39 is 0 Å². The Balaban J connectivity index is 1.92. The quantitative estimate of drug-likeness (QED) is 0.865. The van der Waals surface area contributed by atoms with Crippen LogP contribution in [-0.4, -0.2) is 11.7 Å². The van der Waals surface area contributed by atoms with Gasteiger partial charge in [-0.05, 0) is 34.5 Å². The molecule has 2 aromatic carbocycles. The molecular formula is C15H12N2O4. The molecule has 0 aliphatic carbocycles. The number of fused-ring (bicyclic) bond motifs is 1. The lowest BCUT2D eigenvalue weighted by atomic mass is 9.89. The Kier molecular flexibility index (Phi) is 3.35. The van der Waals surface area contributed by atoms with Gasteiger partial charge in [-0.1, -0.05) is 12.1 Å². The maximum atomic E-state index is 10.9. The molecular weight excluding hydrogens is 272 g/mol. The van der Waals surface area contributed by atoms with Gasteiger partial charge in [-0.2, -0.15) is 0 Å². The van der Waals surface area contributed by atoms with Gasteiger partial charge in [0.15, 0.2) is 0 Å². The lowest BCUT2D eigenvalue weighted by molar-refractivity contribution is 0.261. The fourth-order valence-corrected chi connectivity index (χ4v) is 2.55. The van der Waals surface area contributed by atoms with Gasteiger partial charge in [0.2, 0.25) is 0 Å². The average Bonchev–Trinajstić information content (AvgIpc) is 2.53. The van der Waals surface area contributed by atoms with Crippen LogP contribution >= 0.6 is 0 Å². The summed E-state index contributed by atoms with van der Waals surface area (Å²) in [6.07, 6.45) is 0.588. The normalized spacial score (nSPS) is 16.7. The first-order chi connectivity index (χ1) is 10.2. The van der Waals surface area contributed by atoms with Gasteiger partial charge >= 0.3 is 0 Å². The van der Waals surface area contributed by atoms with Crippen LogP contribution < -0.4 is 4.74 Å². The minimum absolute atomic E-state index is 0.0387. The maximum absolute atomic E-state index is 10.9. The Bertz CT molecular complexity index is 698. The van der Waals surface area contributed by atoms with Gasteiger partial charge in [0.1, 0.15) is 22.9 Å². The number of nitrogens with zero attached hydrogens (tertiary/aromatic N) is 2. The Labute approximate surface area is 120 Å². The molecule has 21 heavy (non-hydrogen) atoms. The van der Waals surface area contributed by atoms with Crippen molar-refractivity contribution < 1.29 is 9.84 Å². The van der Waals surface area contributed by atoms with Crippen molar-refractivity contribution in [1.82, 2.24) is 0 Å². The molecule has 0 saturated carbocycles. The Morgan fingerprint density at radius 3 is 2.52 bits per heavy atom. The molecule has 0 spiro atoms. The second-order valence-electron chi connectivity index (χ2n) is 4.93. The minimum Gasteiger partial charge on any atom is -0.508 e. The van der Waals surface area contributed by atoms with Crippen LogP contribution in [0.15, 0.2) is 46.8 Å². The van der Waals surface area contributed by atoms with Crippen molar-refractivity contribution in [3.63, 3.8) is 0 Å². The molecule has 2 aromatic rings. The van der Waals surface area contributed by atoms with Crippen molar-refractivity contribution in [3.05, 3.63) is 57.3 Å². The molecule has 106 valence electrons. The average molecular weight is 284 g/mol. The molecule has 1 aliphatic rings. The molecule has 0 fully saturated rings. The summed E-state index contributed by atoms with van der Waals surface area (Å²) >= 11 is 0. The lowest BCUT2D eigenvalue weighted by Crippen LogP contribution is -2.19. The number of rotatable bonds is 3. The summed E-state index contributed by atoms with van der Waals surface area (Å²) in [6, 6.07) is 9.76. The highest BCUT2D eigenvalue weighted by Crippen LogP contribution is 2.40. The van der Waals surface area contributed by atoms with Crippen LogP contribution in [0.3, 0.4) is 0 Å². The molecule has 1 atom stereocenters. The van der Waals surface area contributed by atoms with Crippen LogP contribution in [0.1, 0.15) is 17.0 Å². The first kappa shape index (κ1) is 13.2. The van der Waals surface area contributed by atoms with Gasteiger partial charge in [0.25, 0.3) is 0 Å². The summed E-state index contributed by atoms with van der Waals surface area (Å²) in [6.45, 7) is 0.433. The third-order valence-electron chi connectivity index (χ3n) is 3.63. The molecule has 0 saturated heterocycles. The first-order valence-corrected chi connectivity index (χ1v) is 6.46. The van der Waals surface area contributed by atoms with E-state index in [2.05, 4.69) is 10.4 Å². The predicted molar refractivity (Wildman–Crippen MR) is 77.4 cm³/mol. The van der Waals surface area contributed by atoms with Crippen molar-refractivity contribution in [2.75, 3.05) is 6.61 Å². The van der Waals surface area contributed by atoms with E-state index in [1.165, 1.54) is 12.1 Å². The Hall–Kier alpha value is -2.76. The molecule has 1 aliphatic heterocycles. The number of benzene rings is 2. The van der Waals surface area contributed by atoms with Gasteiger partial charge in [-0.15, -0.1) is 9.81 Å². The first-order valence-electron chi connectivity index (χ1n) is 6.46. The van der Waals surface area contributed by atoms with E-state index >= 15 is 0 Å². The van der Waals surface area contributed by atoms with E-state index in [0.29, 0.717) is 30.0 Å². The summed E-state index contributed by atoms with van der Waals surface area (Å²) in [5.74, 6) is 0.512. The number of phenols is 1. The molecule has 0 aromatic heterocycles. The summed E-state index contributed by atoms with van der Waals surface area (Å²) in [7, 11) is 0. The van der Waals surface area contributed by atoms with E-state index in [0.717, 1.165) is 5.56 Å². The van der Waals surface area contributed by atoms with Crippen LogP contribution in [0.4, 0.5) is 11.4 Å². The van der Waals surface area contributed by atoms with E-state index in [1.54, 1.807) is 12.1 Å². The van der Waals surface area contributed by atoms with Crippen molar-refractivity contribution in [2.45, 2.75) is 12.3 Å². The van der Waals surface area contributed by atoms with Crippen LogP contribution in [0.5, 0.6) is 11.5 Å². The zero-order chi connectivity index (χ0) is 14.8. The SMILES string of the molecule is O=Nc1ccc([C@H]2COc3cc(O)cc(N=O)c3C2)cc1. The lowest BCUT2D eigenvalue weighted by Gasteiger charge is -2.26. The molecule has 0 bridgehead atoms. The molecule has 0 radical (unpaired) electrons. The topological polar surface area (TPSA) is 88.3 Å². The van der Waals surface area contributed by atoms with Crippen molar-refractivity contribution in [2.24, 2.45) is 10.4 Å². The maximum Gasteiger partial charge on any atom is 0.128 e. The van der Waals surface area contributed by atoms with Crippen LogP contribution in [0.2, 0.25) is 0 Å². The zero-order valence-corrected chi connectivity index (χ0v) is 11.0. The van der Waals surface area contributed by atoms with Crippen LogP contribution in [-0.2, 0) is 6.42 Å². The van der Waals surface area contributed by atoms with Crippen LogP contribution in [0.25, 0.3) is 0 Å². The third kappa shape index (κ3) is 2.47. The fourth-order valence-electron chi connectivity index (χ4n) is 2.55. The molecule has 3 rings (SSSR count). The van der Waals surface area contributed by atoms with Crippen molar-refractivity contribution in [1.29, 1.82) is 0 Å². The summed E-state index contributed by atoms with van der Waals surface area (Å²) in [4.78, 5) is 21.3. The number of nitroso groups, excluding NO2 is 2. The summed E-state index contributed by atoms with van der Waals surface area (Å²) < 4.78 is 5.63. The highest BCUT2D eigenvalue weighted by molar-refractivity contribution is 5.59. The summed E-state index contributed by atoms with van der Waals surface area (Å²) in [5.41, 5.74) is 2.26. The highest BCUT2D eigenvalue weighted by atomic mass is 16.5. The second-order valence-corrected chi connectivity index (χ2v) is 4.93. The zero-order valence-electron chi connectivity index (χ0n) is 11.0. The molecule has 0 unspecified atom stereocenters. The van der Waals surface area contributed by atoms with Crippen LogP contribution in [0, 0.1) is 9.81 Å². The second kappa shape index (κ2) is 5.32. The summed E-state index contributed by atoms with van der Waals surface area (Å²) in [5, 5.41) is 15.3. The fraction of sp³-hybridized carbons (Fsp3) is 0.200. The van der Waals surface area contributed by atoms with E-state index in [1.807, 2.05) is 12.1 Å². The van der Waals surface area contributed by atoms with Gasteiger partial charge < -0.3 is 9.84 Å². The third-order valence-corrected chi connectivity index (χ3v) is 3.63. The molecule has 6 nitrogen and oxygen atoms in total. The number of hydrogen-bond acceptors (Lipinski definition) is 6.